The number of hydrogen-bond donors (Lipinski definition) is 1. The van der Waals surface area contributed by atoms with E-state index in [0.717, 1.165) is 25.7 Å². The molecule has 1 aromatic carbocycles. The van der Waals surface area contributed by atoms with Crippen LogP contribution in [0.2, 0.25) is 0 Å². The number of carbonyl (C=O) groups excluding carboxylic acids is 1. The van der Waals surface area contributed by atoms with Crippen molar-refractivity contribution >= 4 is 17.6 Å². The van der Waals surface area contributed by atoms with E-state index in [1.54, 1.807) is 0 Å². The molecule has 4 atom stereocenters. The summed E-state index contributed by atoms with van der Waals surface area (Å²) in [7, 11) is 1.42. The molecule has 3 nitrogen and oxygen atoms in total. The number of hydrogen-bond acceptors (Lipinski definition) is 3. The minimum atomic E-state index is -0.384. The number of allylic oxidation sites excluding steroid dienone is 2. The monoisotopic (exact) mass is 420 g/mol. The third-order valence-electron chi connectivity index (χ3n) is 6.04. The molecule has 29 heavy (non-hydrogen) atoms. The fourth-order valence-electron chi connectivity index (χ4n) is 4.33. The maximum atomic E-state index is 11.2. The maximum Gasteiger partial charge on any atom is 0.305 e. The highest BCUT2D eigenvalue weighted by atomic mass is 35.5. The molecule has 1 N–H and O–H groups in total. The SMILES string of the molecule is CCCCCCc1ccc([C@H]2[C@H](O)CC(Cl)[C@@H]2C/C=C\CCCC(=O)OC)cc1. The summed E-state index contributed by atoms with van der Waals surface area (Å²) in [6.07, 6.45) is 13.7. The van der Waals surface area contributed by atoms with Gasteiger partial charge in [-0.2, -0.15) is 0 Å². The second-order valence-electron chi connectivity index (χ2n) is 8.24. The number of aliphatic hydroxyl groups is 1. The van der Waals surface area contributed by atoms with Gasteiger partial charge >= 0.3 is 5.97 Å². The molecular weight excluding hydrogens is 384 g/mol. The Bertz CT molecular complexity index is 625. The van der Waals surface area contributed by atoms with E-state index >= 15 is 0 Å². The van der Waals surface area contributed by atoms with Crippen LogP contribution in [0.5, 0.6) is 0 Å². The first kappa shape index (κ1) is 24.0. The minimum Gasteiger partial charge on any atom is -0.469 e. The summed E-state index contributed by atoms with van der Waals surface area (Å²) in [6, 6.07) is 8.81. The van der Waals surface area contributed by atoms with Crippen LogP contribution in [0, 0.1) is 5.92 Å². The van der Waals surface area contributed by atoms with Gasteiger partial charge in [-0.15, -0.1) is 11.6 Å². The predicted octanol–water partition coefficient (Wildman–Crippen LogP) is 6.17. The van der Waals surface area contributed by atoms with Crippen molar-refractivity contribution < 1.29 is 14.6 Å². The van der Waals surface area contributed by atoms with Gasteiger partial charge in [0.15, 0.2) is 0 Å². The average Bonchev–Trinajstić information content (AvgIpc) is 3.01. The molecule has 1 unspecified atom stereocenters. The van der Waals surface area contributed by atoms with Crippen LogP contribution in [0.3, 0.4) is 0 Å². The van der Waals surface area contributed by atoms with E-state index in [1.807, 2.05) is 0 Å². The van der Waals surface area contributed by atoms with Gasteiger partial charge in [-0.3, -0.25) is 4.79 Å². The molecule has 1 saturated carbocycles. The highest BCUT2D eigenvalue weighted by Crippen LogP contribution is 2.44. The van der Waals surface area contributed by atoms with Gasteiger partial charge in [0.2, 0.25) is 0 Å². The first-order chi connectivity index (χ1) is 14.1. The molecule has 1 aliphatic rings. The molecular formula is C25H37ClO3. The Morgan fingerprint density at radius 1 is 1.17 bits per heavy atom. The zero-order valence-corrected chi connectivity index (χ0v) is 18.7. The number of carbonyl (C=O) groups is 1. The third-order valence-corrected chi connectivity index (χ3v) is 6.55. The number of methoxy groups -OCH3 is 1. The molecule has 2 rings (SSSR count). The zero-order chi connectivity index (χ0) is 21.1. The fraction of sp³-hybridized carbons (Fsp3) is 0.640. The van der Waals surface area contributed by atoms with Gasteiger partial charge in [-0.1, -0.05) is 62.6 Å². The molecule has 4 heteroatoms. The minimum absolute atomic E-state index is 0.0107. The molecule has 0 radical (unpaired) electrons. The lowest BCUT2D eigenvalue weighted by Gasteiger charge is -2.23. The Balaban J connectivity index is 1.89. The predicted molar refractivity (Wildman–Crippen MR) is 120 cm³/mol. The number of halogens is 1. The first-order valence-corrected chi connectivity index (χ1v) is 11.6. The van der Waals surface area contributed by atoms with Crippen LogP contribution in [-0.4, -0.2) is 29.7 Å². The number of ether oxygens (including phenoxy) is 1. The summed E-state index contributed by atoms with van der Waals surface area (Å²) in [5.41, 5.74) is 2.57. The van der Waals surface area contributed by atoms with Crippen LogP contribution in [-0.2, 0) is 16.0 Å². The Labute approximate surface area is 181 Å². The normalized spacial score (nSPS) is 24.3. The van der Waals surface area contributed by atoms with Crippen molar-refractivity contribution in [2.24, 2.45) is 5.92 Å². The summed E-state index contributed by atoms with van der Waals surface area (Å²) >= 11 is 6.59. The lowest BCUT2D eigenvalue weighted by Crippen LogP contribution is -2.18. The Kier molecular flexibility index (Phi) is 10.8. The number of aliphatic hydroxyl groups excluding tert-OH is 1. The van der Waals surface area contributed by atoms with Crippen molar-refractivity contribution in [3.05, 3.63) is 47.5 Å². The Hall–Kier alpha value is -1.32. The highest BCUT2D eigenvalue weighted by molar-refractivity contribution is 6.21. The van der Waals surface area contributed by atoms with Gasteiger partial charge in [0, 0.05) is 17.7 Å². The van der Waals surface area contributed by atoms with Crippen molar-refractivity contribution in [3.8, 4) is 0 Å². The van der Waals surface area contributed by atoms with Crippen LogP contribution in [0.4, 0.5) is 0 Å². The molecule has 1 aliphatic carbocycles. The van der Waals surface area contributed by atoms with Gasteiger partial charge in [0.05, 0.1) is 13.2 Å². The van der Waals surface area contributed by atoms with Gasteiger partial charge in [0.1, 0.15) is 0 Å². The van der Waals surface area contributed by atoms with E-state index < -0.39 is 0 Å². The number of aryl methyl sites for hydroxylation is 1. The zero-order valence-electron chi connectivity index (χ0n) is 18.0. The molecule has 162 valence electrons. The Morgan fingerprint density at radius 2 is 1.93 bits per heavy atom. The van der Waals surface area contributed by atoms with Gasteiger partial charge in [-0.25, -0.2) is 0 Å². The van der Waals surface area contributed by atoms with Gasteiger partial charge < -0.3 is 9.84 Å². The number of esters is 1. The average molecular weight is 421 g/mol. The van der Waals surface area contributed by atoms with E-state index in [4.69, 9.17) is 11.6 Å². The van der Waals surface area contributed by atoms with Crippen molar-refractivity contribution in [2.45, 2.75) is 88.5 Å². The molecule has 0 spiro atoms. The van der Waals surface area contributed by atoms with E-state index in [0.29, 0.717) is 12.8 Å². The molecule has 1 aromatic rings. The van der Waals surface area contributed by atoms with Gasteiger partial charge in [0.25, 0.3) is 0 Å². The number of unbranched alkanes of at least 4 members (excludes halogenated alkanes) is 4. The molecule has 0 aliphatic heterocycles. The summed E-state index contributed by atoms with van der Waals surface area (Å²) in [6.45, 7) is 2.24. The van der Waals surface area contributed by atoms with Gasteiger partial charge in [-0.05, 0) is 55.6 Å². The second kappa shape index (κ2) is 13.1. The number of rotatable bonds is 12. The van der Waals surface area contributed by atoms with E-state index in [9.17, 15) is 9.90 Å². The standard InChI is InChI=1S/C25H37ClO3/c1-3-4-5-8-11-19-14-16-20(17-15-19)25-21(22(26)18-23(25)27)12-9-6-7-10-13-24(28)29-2/h6,9,14-17,21-23,25,27H,3-5,7-8,10-13,18H2,1-2H3/b9-6-/t21-,22?,23+,25+/m0/s1. The summed E-state index contributed by atoms with van der Waals surface area (Å²) in [4.78, 5) is 11.2. The quantitative estimate of drug-likeness (QED) is 0.190. The highest BCUT2D eigenvalue weighted by Gasteiger charge is 2.41. The first-order valence-electron chi connectivity index (χ1n) is 11.2. The lowest BCUT2D eigenvalue weighted by atomic mass is 9.85. The van der Waals surface area contributed by atoms with Crippen molar-refractivity contribution in [2.75, 3.05) is 7.11 Å². The molecule has 0 saturated heterocycles. The summed E-state index contributed by atoms with van der Waals surface area (Å²) in [5.74, 6) is 0.164. The summed E-state index contributed by atoms with van der Waals surface area (Å²) in [5, 5.41) is 10.6. The number of alkyl halides is 1. The molecule has 1 fully saturated rings. The third kappa shape index (κ3) is 7.79. The fourth-order valence-corrected chi connectivity index (χ4v) is 4.77. The van der Waals surface area contributed by atoms with E-state index in [-0.39, 0.29) is 29.3 Å². The van der Waals surface area contributed by atoms with E-state index in [2.05, 4.69) is 48.1 Å². The topological polar surface area (TPSA) is 46.5 Å². The molecule has 0 amide bonds. The van der Waals surface area contributed by atoms with Crippen LogP contribution < -0.4 is 0 Å². The van der Waals surface area contributed by atoms with Crippen LogP contribution in [0.15, 0.2) is 36.4 Å². The molecule has 0 bridgehead atoms. The van der Waals surface area contributed by atoms with Crippen LogP contribution in [0.25, 0.3) is 0 Å². The van der Waals surface area contributed by atoms with Crippen molar-refractivity contribution in [1.82, 2.24) is 0 Å². The largest absolute Gasteiger partial charge is 0.469 e. The maximum absolute atomic E-state index is 11.2. The Morgan fingerprint density at radius 3 is 2.62 bits per heavy atom. The van der Waals surface area contributed by atoms with Crippen molar-refractivity contribution in [1.29, 1.82) is 0 Å². The number of benzene rings is 1. The molecule has 0 heterocycles. The van der Waals surface area contributed by atoms with Crippen molar-refractivity contribution in [3.63, 3.8) is 0 Å². The van der Waals surface area contributed by atoms with Crippen LogP contribution in [0.1, 0.15) is 81.8 Å². The summed E-state index contributed by atoms with van der Waals surface area (Å²) < 4.78 is 4.66. The molecule has 0 aromatic heterocycles. The second-order valence-corrected chi connectivity index (χ2v) is 8.80. The van der Waals surface area contributed by atoms with Crippen LogP contribution >= 0.6 is 11.6 Å². The smallest absolute Gasteiger partial charge is 0.305 e. The lowest BCUT2D eigenvalue weighted by molar-refractivity contribution is -0.140. The van der Waals surface area contributed by atoms with E-state index in [1.165, 1.54) is 43.9 Å².